The number of urea groups is 1. The largest absolute Gasteiger partial charge is 0.462 e. The standard InChI is InChI=1S/C8H16N2O.C5H10O2/c1-2-9-8(11)10-6-4-3-5-7-10;1-5(2,3)7-4-6/h2-7H2,1H3,(H,9,11);4H,1-3H3. The maximum Gasteiger partial charge on any atom is 0.317 e. The molecule has 0 aromatic carbocycles. The number of carbonyl (C=O) groups is 2. The summed E-state index contributed by atoms with van der Waals surface area (Å²) in [6, 6.07) is 0.104. The van der Waals surface area contributed by atoms with Crippen LogP contribution < -0.4 is 5.32 Å². The van der Waals surface area contributed by atoms with Gasteiger partial charge in [-0.1, -0.05) is 0 Å². The van der Waals surface area contributed by atoms with E-state index in [1.54, 1.807) is 0 Å². The van der Waals surface area contributed by atoms with Crippen molar-refractivity contribution in [3.63, 3.8) is 0 Å². The number of nitrogens with one attached hydrogen (secondary N) is 1. The molecule has 0 aliphatic carbocycles. The SMILES string of the molecule is CC(C)(C)OC=O.CCNC(=O)N1CCCCC1. The van der Waals surface area contributed by atoms with E-state index < -0.39 is 0 Å². The van der Waals surface area contributed by atoms with E-state index in [2.05, 4.69) is 10.1 Å². The van der Waals surface area contributed by atoms with Gasteiger partial charge in [0.2, 0.25) is 0 Å². The monoisotopic (exact) mass is 258 g/mol. The molecule has 1 saturated heterocycles. The highest BCUT2D eigenvalue weighted by Crippen LogP contribution is 2.07. The molecule has 0 spiro atoms. The van der Waals surface area contributed by atoms with Crippen LogP contribution in [0.4, 0.5) is 4.79 Å². The van der Waals surface area contributed by atoms with Gasteiger partial charge in [0.1, 0.15) is 5.60 Å². The fourth-order valence-electron chi connectivity index (χ4n) is 1.50. The molecule has 0 saturated carbocycles. The van der Waals surface area contributed by atoms with Crippen molar-refractivity contribution in [2.75, 3.05) is 19.6 Å². The first-order valence-electron chi connectivity index (χ1n) is 6.55. The van der Waals surface area contributed by atoms with E-state index in [9.17, 15) is 9.59 Å². The van der Waals surface area contributed by atoms with Crippen LogP contribution in [-0.4, -0.2) is 42.6 Å². The van der Waals surface area contributed by atoms with Gasteiger partial charge in [-0.3, -0.25) is 4.79 Å². The number of amides is 2. The van der Waals surface area contributed by atoms with Gasteiger partial charge in [0.05, 0.1) is 0 Å². The predicted molar refractivity (Wildman–Crippen MR) is 71.4 cm³/mol. The molecule has 1 rings (SSSR count). The zero-order valence-electron chi connectivity index (χ0n) is 12.0. The molecule has 1 fully saturated rings. The first kappa shape index (κ1) is 16.7. The maximum absolute atomic E-state index is 11.2. The van der Waals surface area contributed by atoms with E-state index in [-0.39, 0.29) is 11.6 Å². The molecule has 0 aromatic heterocycles. The first-order valence-corrected chi connectivity index (χ1v) is 6.55. The Morgan fingerprint density at radius 2 is 1.83 bits per heavy atom. The van der Waals surface area contributed by atoms with Crippen molar-refractivity contribution in [2.45, 2.75) is 52.6 Å². The van der Waals surface area contributed by atoms with Crippen LogP contribution in [0.15, 0.2) is 0 Å². The van der Waals surface area contributed by atoms with E-state index in [0.717, 1.165) is 32.5 Å². The number of likely N-dealkylation sites (tertiary alicyclic amines) is 1. The minimum atomic E-state index is -0.318. The smallest absolute Gasteiger partial charge is 0.317 e. The van der Waals surface area contributed by atoms with Crippen LogP contribution in [0.2, 0.25) is 0 Å². The van der Waals surface area contributed by atoms with Crippen molar-refractivity contribution in [1.29, 1.82) is 0 Å². The normalized spacial score (nSPS) is 15.2. The fraction of sp³-hybridized carbons (Fsp3) is 0.846. The van der Waals surface area contributed by atoms with Crippen molar-refractivity contribution in [2.24, 2.45) is 0 Å². The van der Waals surface area contributed by atoms with Gasteiger partial charge in [-0.15, -0.1) is 0 Å². The number of nitrogens with zero attached hydrogens (tertiary/aromatic N) is 1. The van der Waals surface area contributed by atoms with Crippen LogP contribution in [0.1, 0.15) is 47.0 Å². The molecule has 0 unspecified atom stereocenters. The summed E-state index contributed by atoms with van der Waals surface area (Å²) in [4.78, 5) is 22.7. The molecule has 18 heavy (non-hydrogen) atoms. The number of hydrogen-bond donors (Lipinski definition) is 1. The Morgan fingerprint density at radius 3 is 2.17 bits per heavy atom. The molecule has 5 heteroatoms. The Hall–Kier alpha value is -1.26. The highest BCUT2D eigenvalue weighted by Gasteiger charge is 2.14. The summed E-state index contributed by atoms with van der Waals surface area (Å²) in [6.07, 6.45) is 3.60. The average Bonchev–Trinajstić information content (AvgIpc) is 2.30. The summed E-state index contributed by atoms with van der Waals surface area (Å²) in [5.41, 5.74) is -0.318. The lowest BCUT2D eigenvalue weighted by Crippen LogP contribution is -2.42. The number of rotatable bonds is 2. The lowest BCUT2D eigenvalue weighted by Gasteiger charge is -2.26. The van der Waals surface area contributed by atoms with Crippen molar-refractivity contribution >= 4 is 12.5 Å². The summed E-state index contributed by atoms with van der Waals surface area (Å²) >= 11 is 0. The molecule has 1 N–H and O–H groups in total. The third-order valence-corrected chi connectivity index (χ3v) is 2.37. The molecular formula is C13H26N2O3. The van der Waals surface area contributed by atoms with E-state index in [1.807, 2.05) is 32.6 Å². The third kappa shape index (κ3) is 8.84. The van der Waals surface area contributed by atoms with Gasteiger partial charge in [0.25, 0.3) is 6.47 Å². The van der Waals surface area contributed by atoms with Gasteiger partial charge in [-0.05, 0) is 47.0 Å². The molecule has 1 heterocycles. The molecule has 0 radical (unpaired) electrons. The molecule has 0 atom stereocenters. The summed E-state index contributed by atoms with van der Waals surface area (Å²) in [6.45, 7) is 10.5. The summed E-state index contributed by atoms with van der Waals surface area (Å²) in [5.74, 6) is 0. The molecule has 1 aliphatic heterocycles. The second kappa shape index (κ2) is 8.78. The van der Waals surface area contributed by atoms with Crippen molar-refractivity contribution in [1.82, 2.24) is 10.2 Å². The van der Waals surface area contributed by atoms with Crippen LogP contribution in [-0.2, 0) is 9.53 Å². The Bertz CT molecular complexity index is 243. The molecule has 0 aromatic rings. The lowest BCUT2D eigenvalue weighted by molar-refractivity contribution is -0.138. The van der Waals surface area contributed by atoms with Crippen LogP contribution >= 0.6 is 0 Å². The highest BCUT2D eigenvalue weighted by atomic mass is 16.5. The third-order valence-electron chi connectivity index (χ3n) is 2.37. The molecule has 2 amide bonds. The second-order valence-corrected chi connectivity index (χ2v) is 5.21. The van der Waals surface area contributed by atoms with Crippen LogP contribution in [0.3, 0.4) is 0 Å². The highest BCUT2D eigenvalue weighted by molar-refractivity contribution is 5.74. The minimum absolute atomic E-state index is 0.104. The number of hydrogen-bond acceptors (Lipinski definition) is 3. The van der Waals surface area contributed by atoms with Gasteiger partial charge >= 0.3 is 6.03 Å². The molecule has 5 nitrogen and oxygen atoms in total. The van der Waals surface area contributed by atoms with Gasteiger partial charge in [0, 0.05) is 19.6 Å². The van der Waals surface area contributed by atoms with Crippen LogP contribution in [0.5, 0.6) is 0 Å². The van der Waals surface area contributed by atoms with Gasteiger partial charge in [-0.2, -0.15) is 0 Å². The minimum Gasteiger partial charge on any atom is -0.462 e. The zero-order valence-corrected chi connectivity index (χ0v) is 12.0. The number of piperidine rings is 1. The topological polar surface area (TPSA) is 58.6 Å². The Labute approximate surface area is 110 Å². The molecule has 0 bridgehead atoms. The zero-order chi connectivity index (χ0) is 14.0. The van der Waals surface area contributed by atoms with Crippen LogP contribution in [0, 0.1) is 0 Å². The summed E-state index contributed by atoms with van der Waals surface area (Å²) in [5, 5.41) is 2.80. The molecule has 1 aliphatic rings. The predicted octanol–water partition coefficient (Wildman–Crippen LogP) is 2.16. The van der Waals surface area contributed by atoms with Gasteiger partial charge in [-0.25, -0.2) is 4.79 Å². The first-order chi connectivity index (χ1) is 8.40. The van der Waals surface area contributed by atoms with E-state index >= 15 is 0 Å². The number of carbonyl (C=O) groups excluding carboxylic acids is 2. The molecule has 106 valence electrons. The average molecular weight is 258 g/mol. The van der Waals surface area contributed by atoms with Gasteiger partial charge < -0.3 is 15.0 Å². The van der Waals surface area contributed by atoms with E-state index in [4.69, 9.17) is 0 Å². The van der Waals surface area contributed by atoms with E-state index in [0.29, 0.717) is 6.47 Å². The van der Waals surface area contributed by atoms with E-state index in [1.165, 1.54) is 6.42 Å². The summed E-state index contributed by atoms with van der Waals surface area (Å²) < 4.78 is 4.55. The quantitative estimate of drug-likeness (QED) is 0.772. The number of ether oxygens (including phenoxy) is 1. The second-order valence-electron chi connectivity index (χ2n) is 5.21. The maximum atomic E-state index is 11.2. The lowest BCUT2D eigenvalue weighted by atomic mass is 10.1. The van der Waals surface area contributed by atoms with Crippen LogP contribution in [0.25, 0.3) is 0 Å². The van der Waals surface area contributed by atoms with Crippen molar-refractivity contribution in [3.05, 3.63) is 0 Å². The Balaban J connectivity index is 0.000000360. The molecular weight excluding hydrogens is 232 g/mol. The Morgan fingerprint density at radius 1 is 1.28 bits per heavy atom. The Kier molecular flexibility index (Phi) is 8.16. The van der Waals surface area contributed by atoms with Gasteiger partial charge in [0.15, 0.2) is 0 Å². The fourth-order valence-corrected chi connectivity index (χ4v) is 1.50. The summed E-state index contributed by atoms with van der Waals surface area (Å²) in [7, 11) is 0. The van der Waals surface area contributed by atoms with Crippen molar-refractivity contribution < 1.29 is 14.3 Å². The van der Waals surface area contributed by atoms with Crippen molar-refractivity contribution in [3.8, 4) is 0 Å².